The molecule has 0 radical (unpaired) electrons. The summed E-state index contributed by atoms with van der Waals surface area (Å²) >= 11 is 0. The molecule has 3 aliphatic heterocycles. The van der Waals surface area contributed by atoms with E-state index in [1.54, 1.807) is 7.05 Å². The first-order valence-electron chi connectivity index (χ1n) is 9.69. The van der Waals surface area contributed by atoms with Crippen molar-refractivity contribution in [2.75, 3.05) is 53.0 Å². The molecular formula is C18H32N4O3. The van der Waals surface area contributed by atoms with Gasteiger partial charge in [0.2, 0.25) is 0 Å². The van der Waals surface area contributed by atoms with Crippen molar-refractivity contribution >= 4 is 11.9 Å². The van der Waals surface area contributed by atoms with E-state index in [4.69, 9.17) is 9.47 Å². The Labute approximate surface area is 150 Å². The monoisotopic (exact) mass is 352 g/mol. The van der Waals surface area contributed by atoms with Crippen LogP contribution >= 0.6 is 0 Å². The van der Waals surface area contributed by atoms with Gasteiger partial charge in [-0.25, -0.2) is 0 Å². The van der Waals surface area contributed by atoms with Gasteiger partial charge in [0.15, 0.2) is 5.96 Å². The number of hydrogen-bond acceptors (Lipinski definition) is 5. The lowest BCUT2D eigenvalue weighted by atomic mass is 9.98. The molecule has 3 unspecified atom stereocenters. The van der Waals surface area contributed by atoms with Gasteiger partial charge >= 0.3 is 5.97 Å². The molecule has 3 atom stereocenters. The second kappa shape index (κ2) is 8.85. The van der Waals surface area contributed by atoms with E-state index >= 15 is 0 Å². The van der Waals surface area contributed by atoms with Gasteiger partial charge in [-0.1, -0.05) is 0 Å². The summed E-state index contributed by atoms with van der Waals surface area (Å²) in [6, 6.07) is 0.628. The molecule has 0 aromatic carbocycles. The summed E-state index contributed by atoms with van der Waals surface area (Å²) in [5.41, 5.74) is 0. The van der Waals surface area contributed by atoms with Crippen LogP contribution in [-0.2, 0) is 14.3 Å². The standard InChI is InChI=1S/C18H32N4O3/c1-3-24-17(23)14-6-4-9-22(11-14)18(19-2)20-10-16-12-21-8-5-7-15(21)13-25-16/h14-16H,3-13H2,1-2H3,(H,19,20). The molecule has 0 aromatic heterocycles. The van der Waals surface area contributed by atoms with Crippen molar-refractivity contribution < 1.29 is 14.3 Å². The van der Waals surface area contributed by atoms with Crippen molar-refractivity contribution in [1.29, 1.82) is 0 Å². The number of rotatable bonds is 4. The van der Waals surface area contributed by atoms with E-state index in [1.807, 2.05) is 6.92 Å². The maximum absolute atomic E-state index is 12.0. The molecule has 25 heavy (non-hydrogen) atoms. The number of fused-ring (bicyclic) bond motifs is 1. The number of nitrogens with zero attached hydrogens (tertiary/aromatic N) is 3. The summed E-state index contributed by atoms with van der Waals surface area (Å²) in [6.07, 6.45) is 4.65. The molecule has 3 rings (SSSR count). The molecule has 3 aliphatic rings. The second-order valence-corrected chi connectivity index (χ2v) is 7.21. The summed E-state index contributed by atoms with van der Waals surface area (Å²) in [5, 5.41) is 3.45. The second-order valence-electron chi connectivity index (χ2n) is 7.21. The number of morpholine rings is 1. The van der Waals surface area contributed by atoms with Crippen LogP contribution in [0.1, 0.15) is 32.6 Å². The average Bonchev–Trinajstić information content (AvgIpc) is 3.10. The zero-order chi connectivity index (χ0) is 17.6. The molecule has 0 spiro atoms. The van der Waals surface area contributed by atoms with E-state index < -0.39 is 0 Å². The molecule has 3 saturated heterocycles. The Morgan fingerprint density at radius 3 is 2.92 bits per heavy atom. The SMILES string of the molecule is CCOC(=O)C1CCCN(C(=NC)NCC2CN3CCCC3CO2)C1. The maximum Gasteiger partial charge on any atom is 0.310 e. The molecule has 7 nitrogen and oxygen atoms in total. The third-order valence-corrected chi connectivity index (χ3v) is 5.50. The normalized spacial score (nSPS) is 30.9. The Balaban J connectivity index is 1.48. The van der Waals surface area contributed by atoms with Crippen LogP contribution < -0.4 is 5.32 Å². The van der Waals surface area contributed by atoms with Gasteiger partial charge in [-0.05, 0) is 39.2 Å². The van der Waals surface area contributed by atoms with Gasteiger partial charge in [0, 0.05) is 39.3 Å². The number of carbonyl (C=O) groups is 1. The lowest BCUT2D eigenvalue weighted by Gasteiger charge is -2.37. The topological polar surface area (TPSA) is 66.4 Å². The van der Waals surface area contributed by atoms with E-state index in [0.29, 0.717) is 19.2 Å². The van der Waals surface area contributed by atoms with Crippen LogP contribution in [0, 0.1) is 5.92 Å². The largest absolute Gasteiger partial charge is 0.466 e. The molecule has 142 valence electrons. The predicted molar refractivity (Wildman–Crippen MR) is 96.6 cm³/mol. The highest BCUT2D eigenvalue weighted by Gasteiger charge is 2.33. The Morgan fingerprint density at radius 2 is 2.12 bits per heavy atom. The molecule has 0 saturated carbocycles. The number of ether oxygens (including phenoxy) is 2. The van der Waals surface area contributed by atoms with Crippen molar-refractivity contribution in [2.45, 2.75) is 44.8 Å². The summed E-state index contributed by atoms with van der Waals surface area (Å²) in [5.74, 6) is 0.725. The lowest BCUT2D eigenvalue weighted by Crippen LogP contribution is -2.53. The number of nitrogens with one attached hydrogen (secondary N) is 1. The van der Waals surface area contributed by atoms with Crippen molar-refractivity contribution in [2.24, 2.45) is 10.9 Å². The maximum atomic E-state index is 12.0. The summed E-state index contributed by atoms with van der Waals surface area (Å²) in [7, 11) is 1.80. The smallest absolute Gasteiger partial charge is 0.310 e. The summed E-state index contributed by atoms with van der Waals surface area (Å²) in [6.45, 7) is 7.71. The van der Waals surface area contributed by atoms with Gasteiger partial charge in [-0.15, -0.1) is 0 Å². The molecule has 3 heterocycles. The molecule has 0 amide bonds. The van der Waals surface area contributed by atoms with E-state index in [1.165, 1.54) is 19.4 Å². The number of esters is 1. The molecule has 0 aliphatic carbocycles. The van der Waals surface area contributed by atoms with E-state index in [0.717, 1.165) is 45.0 Å². The molecule has 0 bridgehead atoms. The average molecular weight is 352 g/mol. The zero-order valence-corrected chi connectivity index (χ0v) is 15.6. The van der Waals surface area contributed by atoms with Crippen LogP contribution in [0.4, 0.5) is 0 Å². The Hall–Kier alpha value is -1.34. The third-order valence-electron chi connectivity index (χ3n) is 5.50. The predicted octanol–water partition coefficient (Wildman–Crippen LogP) is 0.700. The van der Waals surface area contributed by atoms with E-state index in [-0.39, 0.29) is 18.0 Å². The van der Waals surface area contributed by atoms with Crippen LogP contribution in [0.3, 0.4) is 0 Å². The molecule has 1 N–H and O–H groups in total. The Bertz CT molecular complexity index is 485. The first-order chi connectivity index (χ1) is 12.2. The fraction of sp³-hybridized carbons (Fsp3) is 0.889. The quantitative estimate of drug-likeness (QED) is 0.456. The fourth-order valence-electron chi connectivity index (χ4n) is 4.17. The van der Waals surface area contributed by atoms with Crippen LogP contribution in [0.5, 0.6) is 0 Å². The van der Waals surface area contributed by atoms with Crippen molar-refractivity contribution in [1.82, 2.24) is 15.1 Å². The van der Waals surface area contributed by atoms with Crippen LogP contribution in [0.15, 0.2) is 4.99 Å². The first-order valence-corrected chi connectivity index (χ1v) is 9.69. The van der Waals surface area contributed by atoms with Crippen molar-refractivity contribution in [3.8, 4) is 0 Å². The van der Waals surface area contributed by atoms with Gasteiger partial charge < -0.3 is 19.7 Å². The number of guanidine groups is 1. The van der Waals surface area contributed by atoms with Crippen LogP contribution in [0.25, 0.3) is 0 Å². The Morgan fingerprint density at radius 1 is 1.28 bits per heavy atom. The van der Waals surface area contributed by atoms with E-state index in [9.17, 15) is 4.79 Å². The van der Waals surface area contributed by atoms with Gasteiger partial charge in [-0.2, -0.15) is 0 Å². The zero-order valence-electron chi connectivity index (χ0n) is 15.6. The third kappa shape index (κ3) is 4.64. The Kier molecular flexibility index (Phi) is 6.53. The molecular weight excluding hydrogens is 320 g/mol. The molecule has 0 aromatic rings. The van der Waals surface area contributed by atoms with Crippen molar-refractivity contribution in [3.63, 3.8) is 0 Å². The first kappa shape index (κ1) is 18.5. The summed E-state index contributed by atoms with van der Waals surface area (Å²) in [4.78, 5) is 21.2. The van der Waals surface area contributed by atoms with Gasteiger partial charge in [0.05, 0.1) is 25.2 Å². The van der Waals surface area contributed by atoms with E-state index in [2.05, 4.69) is 20.1 Å². The fourth-order valence-corrected chi connectivity index (χ4v) is 4.17. The minimum Gasteiger partial charge on any atom is -0.466 e. The van der Waals surface area contributed by atoms with Gasteiger partial charge in [0.25, 0.3) is 0 Å². The van der Waals surface area contributed by atoms with Crippen LogP contribution in [-0.4, -0.2) is 86.9 Å². The minimum atomic E-state index is -0.0849. The van der Waals surface area contributed by atoms with Gasteiger partial charge in [0.1, 0.15) is 0 Å². The minimum absolute atomic E-state index is 0.0523. The highest BCUT2D eigenvalue weighted by Crippen LogP contribution is 2.22. The highest BCUT2D eigenvalue weighted by molar-refractivity contribution is 5.81. The number of likely N-dealkylation sites (tertiary alicyclic amines) is 1. The lowest BCUT2D eigenvalue weighted by molar-refractivity contribution is -0.149. The number of carbonyl (C=O) groups excluding carboxylic acids is 1. The summed E-state index contributed by atoms with van der Waals surface area (Å²) < 4.78 is 11.2. The van der Waals surface area contributed by atoms with Crippen LogP contribution in [0.2, 0.25) is 0 Å². The number of piperidine rings is 1. The molecule has 3 fully saturated rings. The highest BCUT2D eigenvalue weighted by atomic mass is 16.5. The van der Waals surface area contributed by atoms with Gasteiger partial charge in [-0.3, -0.25) is 14.7 Å². The number of aliphatic imine (C=N–C) groups is 1. The number of hydrogen-bond donors (Lipinski definition) is 1. The molecule has 7 heteroatoms. The van der Waals surface area contributed by atoms with Crippen molar-refractivity contribution in [3.05, 3.63) is 0 Å².